The van der Waals surface area contributed by atoms with Gasteiger partial charge < -0.3 is 14.2 Å². The van der Waals surface area contributed by atoms with Gasteiger partial charge in [0.1, 0.15) is 17.9 Å². The zero-order valence-corrected chi connectivity index (χ0v) is 13.8. The summed E-state index contributed by atoms with van der Waals surface area (Å²) in [6.07, 6.45) is 5.44. The van der Waals surface area contributed by atoms with E-state index in [1.54, 1.807) is 24.3 Å². The molecule has 1 fully saturated rings. The summed E-state index contributed by atoms with van der Waals surface area (Å²) < 4.78 is 15.7. The molecule has 5 heteroatoms. The fourth-order valence-corrected chi connectivity index (χ4v) is 2.24. The summed E-state index contributed by atoms with van der Waals surface area (Å²) in [6, 6.07) is 5.35. The van der Waals surface area contributed by atoms with Crippen LogP contribution >= 0.6 is 0 Å². The molecule has 2 rings (SSSR count). The van der Waals surface area contributed by atoms with Crippen LogP contribution in [0.1, 0.15) is 25.0 Å². The fourth-order valence-electron chi connectivity index (χ4n) is 2.24. The molecule has 1 saturated heterocycles. The summed E-state index contributed by atoms with van der Waals surface area (Å²) in [4.78, 5) is 24.0. The van der Waals surface area contributed by atoms with Gasteiger partial charge in [0.25, 0.3) is 5.79 Å². The summed E-state index contributed by atoms with van der Waals surface area (Å²) in [5.41, 5.74) is 1.42. The van der Waals surface area contributed by atoms with Crippen LogP contribution in [0.4, 0.5) is 0 Å². The summed E-state index contributed by atoms with van der Waals surface area (Å²) in [7, 11) is 0. The standard InChI is InChI=1S/C19H20O5/c1-5-7-14-11-13(8-9-16(14)22-10-6-2)12-15-17(20)23-19(3,4)24-18(15)21/h5-6,8-9,11-12H,1-2,7,10H2,3-4H3. The van der Waals surface area contributed by atoms with Crippen molar-refractivity contribution in [1.29, 1.82) is 0 Å². The van der Waals surface area contributed by atoms with Crippen LogP contribution in [0.3, 0.4) is 0 Å². The average molecular weight is 328 g/mol. The number of rotatable bonds is 6. The zero-order valence-electron chi connectivity index (χ0n) is 13.8. The van der Waals surface area contributed by atoms with Crippen LogP contribution in [0, 0.1) is 0 Å². The van der Waals surface area contributed by atoms with E-state index in [9.17, 15) is 9.59 Å². The van der Waals surface area contributed by atoms with E-state index in [0.717, 1.165) is 5.56 Å². The lowest BCUT2D eigenvalue weighted by molar-refractivity contribution is -0.222. The van der Waals surface area contributed by atoms with Crippen LogP contribution in [0.2, 0.25) is 0 Å². The topological polar surface area (TPSA) is 61.8 Å². The van der Waals surface area contributed by atoms with Gasteiger partial charge in [-0.25, -0.2) is 9.59 Å². The molecule has 0 unspecified atom stereocenters. The van der Waals surface area contributed by atoms with Crippen molar-refractivity contribution in [3.63, 3.8) is 0 Å². The molecule has 0 aromatic heterocycles. The Kier molecular flexibility index (Phi) is 5.24. The predicted molar refractivity (Wildman–Crippen MR) is 90.3 cm³/mol. The second kappa shape index (κ2) is 7.17. The number of ether oxygens (including phenoxy) is 3. The minimum Gasteiger partial charge on any atom is -0.489 e. The number of hydrogen-bond acceptors (Lipinski definition) is 5. The molecule has 1 heterocycles. The van der Waals surface area contributed by atoms with Crippen LogP contribution in [0.15, 0.2) is 49.1 Å². The number of carbonyl (C=O) groups excluding carboxylic acids is 2. The van der Waals surface area contributed by atoms with Gasteiger partial charge in [-0.3, -0.25) is 0 Å². The van der Waals surface area contributed by atoms with Gasteiger partial charge in [0.2, 0.25) is 0 Å². The number of benzene rings is 1. The first-order valence-electron chi connectivity index (χ1n) is 7.52. The van der Waals surface area contributed by atoms with E-state index < -0.39 is 17.7 Å². The van der Waals surface area contributed by atoms with Gasteiger partial charge in [0.05, 0.1) is 0 Å². The lowest BCUT2D eigenvalue weighted by Gasteiger charge is -2.29. The number of carbonyl (C=O) groups is 2. The molecule has 5 nitrogen and oxygen atoms in total. The summed E-state index contributed by atoms with van der Waals surface area (Å²) >= 11 is 0. The van der Waals surface area contributed by atoms with Gasteiger partial charge in [-0.2, -0.15) is 0 Å². The highest BCUT2D eigenvalue weighted by molar-refractivity contribution is 6.18. The van der Waals surface area contributed by atoms with Crippen molar-refractivity contribution >= 4 is 18.0 Å². The Morgan fingerprint density at radius 3 is 2.38 bits per heavy atom. The van der Waals surface area contributed by atoms with E-state index in [-0.39, 0.29) is 5.57 Å². The van der Waals surface area contributed by atoms with Crippen LogP contribution < -0.4 is 4.74 Å². The maximum atomic E-state index is 12.0. The third kappa shape index (κ3) is 4.13. The summed E-state index contributed by atoms with van der Waals surface area (Å²) in [5.74, 6) is -1.95. The molecule has 24 heavy (non-hydrogen) atoms. The lowest BCUT2D eigenvalue weighted by Crippen LogP contribution is -2.41. The average Bonchev–Trinajstić information content (AvgIpc) is 2.49. The van der Waals surface area contributed by atoms with Crippen molar-refractivity contribution in [1.82, 2.24) is 0 Å². The Bertz CT molecular complexity index is 690. The van der Waals surface area contributed by atoms with Gasteiger partial charge in [0, 0.05) is 13.8 Å². The van der Waals surface area contributed by atoms with Crippen molar-refractivity contribution in [2.75, 3.05) is 6.61 Å². The molecule has 1 aliphatic rings. The molecule has 0 atom stereocenters. The second-order valence-corrected chi connectivity index (χ2v) is 5.70. The largest absolute Gasteiger partial charge is 0.489 e. The summed E-state index contributed by atoms with van der Waals surface area (Å²) in [5, 5.41) is 0. The molecule has 0 bridgehead atoms. The third-order valence-electron chi connectivity index (χ3n) is 3.23. The molecular formula is C19H20O5. The fraction of sp³-hybridized carbons (Fsp3) is 0.263. The molecule has 0 radical (unpaired) electrons. The van der Waals surface area contributed by atoms with E-state index in [4.69, 9.17) is 14.2 Å². The quantitative estimate of drug-likeness (QED) is 0.347. The predicted octanol–water partition coefficient (Wildman–Crippen LogP) is 3.20. The van der Waals surface area contributed by atoms with E-state index in [1.807, 2.05) is 6.07 Å². The first-order valence-corrected chi connectivity index (χ1v) is 7.52. The Balaban J connectivity index is 2.33. The van der Waals surface area contributed by atoms with E-state index in [0.29, 0.717) is 24.3 Å². The van der Waals surface area contributed by atoms with Crippen LogP contribution in [0.25, 0.3) is 6.08 Å². The van der Waals surface area contributed by atoms with E-state index in [2.05, 4.69) is 13.2 Å². The SMILES string of the molecule is C=CCOc1ccc(C=C2C(=O)OC(C)(C)OC2=O)cc1CC=C. The van der Waals surface area contributed by atoms with Crippen molar-refractivity contribution in [3.05, 3.63) is 60.2 Å². The van der Waals surface area contributed by atoms with Gasteiger partial charge in [0.15, 0.2) is 0 Å². The molecule has 1 aromatic rings. The monoisotopic (exact) mass is 328 g/mol. The highest BCUT2D eigenvalue weighted by atomic mass is 16.7. The smallest absolute Gasteiger partial charge is 0.348 e. The van der Waals surface area contributed by atoms with Crippen molar-refractivity contribution in [2.24, 2.45) is 0 Å². The molecule has 0 saturated carbocycles. The van der Waals surface area contributed by atoms with Crippen molar-refractivity contribution < 1.29 is 23.8 Å². The van der Waals surface area contributed by atoms with E-state index >= 15 is 0 Å². The second-order valence-electron chi connectivity index (χ2n) is 5.70. The lowest BCUT2D eigenvalue weighted by atomic mass is 10.0. The molecule has 1 aromatic carbocycles. The molecule has 126 valence electrons. The first-order chi connectivity index (χ1) is 11.4. The molecule has 0 amide bonds. The third-order valence-corrected chi connectivity index (χ3v) is 3.23. The maximum Gasteiger partial charge on any atom is 0.348 e. The minimum atomic E-state index is -1.25. The molecular weight excluding hydrogens is 308 g/mol. The first kappa shape index (κ1) is 17.5. The van der Waals surface area contributed by atoms with Gasteiger partial charge in [-0.1, -0.05) is 24.8 Å². The number of esters is 2. The van der Waals surface area contributed by atoms with Crippen molar-refractivity contribution in [2.45, 2.75) is 26.1 Å². The number of cyclic esters (lactones) is 2. The zero-order chi connectivity index (χ0) is 17.7. The molecule has 0 spiro atoms. The molecule has 0 N–H and O–H groups in total. The van der Waals surface area contributed by atoms with Crippen LogP contribution in [-0.2, 0) is 25.5 Å². The van der Waals surface area contributed by atoms with Gasteiger partial charge in [-0.05, 0) is 35.8 Å². The van der Waals surface area contributed by atoms with Gasteiger partial charge in [-0.15, -0.1) is 6.58 Å². The highest BCUT2D eigenvalue weighted by Crippen LogP contribution is 2.26. The molecule has 0 aliphatic carbocycles. The number of allylic oxidation sites excluding steroid dienone is 1. The summed E-state index contributed by atoms with van der Waals surface area (Å²) in [6.45, 7) is 10.7. The van der Waals surface area contributed by atoms with Crippen LogP contribution in [-0.4, -0.2) is 24.3 Å². The number of hydrogen-bond donors (Lipinski definition) is 0. The normalized spacial score (nSPS) is 16.0. The highest BCUT2D eigenvalue weighted by Gasteiger charge is 2.38. The minimum absolute atomic E-state index is 0.140. The van der Waals surface area contributed by atoms with Crippen LogP contribution in [0.5, 0.6) is 5.75 Å². The Hall–Kier alpha value is -2.82. The van der Waals surface area contributed by atoms with Crippen molar-refractivity contribution in [3.8, 4) is 5.75 Å². The van der Waals surface area contributed by atoms with Gasteiger partial charge >= 0.3 is 11.9 Å². The maximum absolute atomic E-state index is 12.0. The molecule has 1 aliphatic heterocycles. The Morgan fingerprint density at radius 2 is 1.79 bits per heavy atom. The Labute approximate surface area is 141 Å². The van der Waals surface area contributed by atoms with E-state index in [1.165, 1.54) is 19.9 Å². The Morgan fingerprint density at radius 1 is 1.12 bits per heavy atom.